The predicted molar refractivity (Wildman–Crippen MR) is 99.2 cm³/mol. The largest absolute Gasteiger partial charge is 0.494 e. The lowest BCUT2D eigenvalue weighted by atomic mass is 9.78. The molecule has 0 radical (unpaired) electrons. The van der Waals surface area contributed by atoms with Crippen LogP contribution in [0.2, 0.25) is 0 Å². The Hall–Kier alpha value is -2.24. The molecule has 0 amide bonds. The van der Waals surface area contributed by atoms with Crippen molar-refractivity contribution in [3.63, 3.8) is 0 Å². The fourth-order valence-electron chi connectivity index (χ4n) is 3.37. The van der Waals surface area contributed by atoms with Crippen LogP contribution in [-0.4, -0.2) is 18.3 Å². The number of hydrogen-bond acceptors (Lipinski definition) is 4. The lowest BCUT2D eigenvalue weighted by Crippen LogP contribution is -2.41. The molecule has 0 aliphatic carbocycles. The first-order valence-electron chi connectivity index (χ1n) is 8.53. The molecule has 2 aromatic heterocycles. The zero-order chi connectivity index (χ0) is 17.4. The highest BCUT2D eigenvalue weighted by atomic mass is 16.7. The van der Waals surface area contributed by atoms with Crippen molar-refractivity contribution in [2.45, 2.75) is 38.9 Å². The molecular weight excluding hydrogens is 315 g/mol. The summed E-state index contributed by atoms with van der Waals surface area (Å²) in [5, 5.41) is 3.12. The van der Waals surface area contributed by atoms with E-state index in [1.54, 1.807) is 6.26 Å². The highest BCUT2D eigenvalue weighted by molar-refractivity contribution is 6.62. The second-order valence-corrected chi connectivity index (χ2v) is 7.75. The monoisotopic (exact) mass is 334 g/mol. The van der Waals surface area contributed by atoms with Crippen molar-refractivity contribution in [3.8, 4) is 0 Å². The van der Waals surface area contributed by atoms with E-state index >= 15 is 0 Å². The highest BCUT2D eigenvalue weighted by Crippen LogP contribution is 2.37. The smallest absolute Gasteiger partial charge is 0.464 e. The first-order valence-corrected chi connectivity index (χ1v) is 8.53. The fraction of sp³-hybridized carbons (Fsp3) is 0.300. The van der Waals surface area contributed by atoms with Crippen molar-refractivity contribution < 1.29 is 18.1 Å². The second kappa shape index (κ2) is 4.68. The molecule has 1 fully saturated rings. The van der Waals surface area contributed by atoms with Gasteiger partial charge < -0.3 is 18.1 Å². The minimum atomic E-state index is -0.383. The van der Waals surface area contributed by atoms with Crippen LogP contribution >= 0.6 is 0 Å². The van der Waals surface area contributed by atoms with Gasteiger partial charge in [0.1, 0.15) is 16.7 Å². The summed E-state index contributed by atoms with van der Waals surface area (Å²) in [5.41, 5.74) is 2.85. The van der Waals surface area contributed by atoms with Gasteiger partial charge in [-0.05, 0) is 57.4 Å². The molecule has 1 aliphatic heterocycles. The highest BCUT2D eigenvalue weighted by Gasteiger charge is 2.51. The van der Waals surface area contributed by atoms with Crippen LogP contribution in [0.4, 0.5) is 0 Å². The van der Waals surface area contributed by atoms with E-state index in [-0.39, 0.29) is 18.3 Å². The van der Waals surface area contributed by atoms with Crippen LogP contribution in [0.1, 0.15) is 27.7 Å². The average Bonchev–Trinajstić information content (AvgIpc) is 3.19. The maximum Gasteiger partial charge on any atom is 0.494 e. The molecule has 0 N–H and O–H groups in total. The van der Waals surface area contributed by atoms with Crippen LogP contribution in [-0.2, 0) is 9.31 Å². The Bertz CT molecular complexity index is 1100. The number of benzene rings is 2. The van der Waals surface area contributed by atoms with E-state index in [9.17, 15) is 0 Å². The summed E-state index contributed by atoms with van der Waals surface area (Å²) in [7, 11) is -0.383. The van der Waals surface area contributed by atoms with E-state index in [1.165, 1.54) is 0 Å². The number of rotatable bonds is 1. The maximum atomic E-state index is 6.17. The summed E-state index contributed by atoms with van der Waals surface area (Å²) in [4.78, 5) is 0. The lowest BCUT2D eigenvalue weighted by molar-refractivity contribution is 0.00578. The number of hydrogen-bond donors (Lipinski definition) is 0. The third-order valence-corrected chi connectivity index (χ3v) is 5.59. The van der Waals surface area contributed by atoms with Gasteiger partial charge in [-0.2, -0.15) is 0 Å². The second-order valence-electron chi connectivity index (χ2n) is 7.75. The summed E-state index contributed by atoms with van der Waals surface area (Å²) in [6.07, 6.45) is 1.70. The average molecular weight is 334 g/mol. The van der Waals surface area contributed by atoms with Gasteiger partial charge in [-0.15, -0.1) is 0 Å². The summed E-state index contributed by atoms with van der Waals surface area (Å²) in [6.45, 7) is 8.25. The van der Waals surface area contributed by atoms with Gasteiger partial charge in [0.25, 0.3) is 0 Å². The molecule has 2 aromatic carbocycles. The van der Waals surface area contributed by atoms with Crippen LogP contribution in [0.15, 0.2) is 51.5 Å². The van der Waals surface area contributed by atoms with Gasteiger partial charge in [0, 0.05) is 16.2 Å². The van der Waals surface area contributed by atoms with E-state index in [2.05, 4.69) is 33.8 Å². The molecular formula is C20H19BO4. The molecule has 1 saturated heterocycles. The van der Waals surface area contributed by atoms with Crippen molar-refractivity contribution in [1.29, 1.82) is 0 Å². The van der Waals surface area contributed by atoms with Gasteiger partial charge in [0.15, 0.2) is 0 Å². The molecule has 0 saturated carbocycles. The molecule has 25 heavy (non-hydrogen) atoms. The van der Waals surface area contributed by atoms with Gasteiger partial charge >= 0.3 is 7.12 Å². The van der Waals surface area contributed by atoms with Crippen molar-refractivity contribution in [1.82, 2.24) is 0 Å². The van der Waals surface area contributed by atoms with E-state index in [0.717, 1.165) is 38.4 Å². The van der Waals surface area contributed by atoms with Crippen LogP contribution in [0.3, 0.4) is 0 Å². The van der Waals surface area contributed by atoms with Gasteiger partial charge in [-0.3, -0.25) is 0 Å². The molecule has 0 bridgehead atoms. The third-order valence-electron chi connectivity index (χ3n) is 5.59. The molecule has 5 rings (SSSR count). The summed E-state index contributed by atoms with van der Waals surface area (Å²) >= 11 is 0. The molecule has 4 aromatic rings. The van der Waals surface area contributed by atoms with Gasteiger partial charge in [-0.1, -0.05) is 12.1 Å². The summed E-state index contributed by atoms with van der Waals surface area (Å²) in [6, 6.07) is 12.1. The molecule has 5 heteroatoms. The van der Waals surface area contributed by atoms with Crippen molar-refractivity contribution in [2.24, 2.45) is 0 Å². The summed E-state index contributed by atoms with van der Waals surface area (Å²) in [5.74, 6) is 0. The fourth-order valence-corrected chi connectivity index (χ4v) is 3.37. The topological polar surface area (TPSA) is 44.7 Å². The van der Waals surface area contributed by atoms with Crippen molar-refractivity contribution >= 4 is 45.5 Å². The van der Waals surface area contributed by atoms with Crippen molar-refractivity contribution in [3.05, 3.63) is 42.7 Å². The van der Waals surface area contributed by atoms with E-state index in [4.69, 9.17) is 18.1 Å². The Morgan fingerprint density at radius 2 is 1.48 bits per heavy atom. The zero-order valence-corrected chi connectivity index (χ0v) is 14.8. The quantitative estimate of drug-likeness (QED) is 0.476. The van der Waals surface area contributed by atoms with E-state index in [0.29, 0.717) is 0 Å². The first kappa shape index (κ1) is 15.1. The van der Waals surface area contributed by atoms with E-state index in [1.807, 2.05) is 30.3 Å². The maximum absolute atomic E-state index is 6.17. The van der Waals surface area contributed by atoms with Gasteiger partial charge in [0.05, 0.1) is 17.5 Å². The van der Waals surface area contributed by atoms with Crippen LogP contribution in [0, 0.1) is 0 Å². The Kier molecular flexibility index (Phi) is 2.82. The van der Waals surface area contributed by atoms with Crippen LogP contribution in [0.5, 0.6) is 0 Å². The normalized spacial score (nSPS) is 19.4. The van der Waals surface area contributed by atoms with Crippen LogP contribution in [0.25, 0.3) is 32.9 Å². The number of furan rings is 2. The first-order chi connectivity index (χ1) is 11.8. The standard InChI is InChI=1S/C20H19BO4/c1-19(2)20(3,4)25-21(24-19)13-5-6-16-14(10-13)15-11-17-12(7-8-22-17)9-18(15)23-16/h5-11H,1-4H3. The Morgan fingerprint density at radius 3 is 2.24 bits per heavy atom. The Morgan fingerprint density at radius 1 is 0.760 bits per heavy atom. The molecule has 4 nitrogen and oxygen atoms in total. The van der Waals surface area contributed by atoms with Gasteiger partial charge in [0.2, 0.25) is 0 Å². The molecule has 0 atom stereocenters. The van der Waals surface area contributed by atoms with Crippen molar-refractivity contribution in [2.75, 3.05) is 0 Å². The lowest BCUT2D eigenvalue weighted by Gasteiger charge is -2.32. The minimum absolute atomic E-state index is 0.356. The van der Waals surface area contributed by atoms with Gasteiger partial charge in [-0.25, -0.2) is 0 Å². The SMILES string of the molecule is CC1(C)OB(c2ccc3oc4cc5ccoc5cc4c3c2)OC1(C)C. The molecule has 3 heterocycles. The summed E-state index contributed by atoms with van der Waals surface area (Å²) < 4.78 is 23.9. The zero-order valence-electron chi connectivity index (χ0n) is 14.8. The molecule has 1 aliphatic rings. The van der Waals surface area contributed by atoms with Crippen LogP contribution < -0.4 is 5.46 Å². The molecule has 0 spiro atoms. The molecule has 126 valence electrons. The minimum Gasteiger partial charge on any atom is -0.464 e. The Balaban J connectivity index is 1.67. The third kappa shape index (κ3) is 2.09. The predicted octanol–water partition coefficient (Wildman–Crippen LogP) is 4.63. The molecule has 0 unspecified atom stereocenters. The number of fused-ring (bicyclic) bond motifs is 4. The van der Waals surface area contributed by atoms with E-state index < -0.39 is 0 Å². The Labute approximate surface area is 145 Å².